The van der Waals surface area contributed by atoms with Crippen LogP contribution in [-0.2, 0) is 23.9 Å². The molecule has 5 nitrogen and oxygen atoms in total. The zero-order valence-corrected chi connectivity index (χ0v) is 14.0. The summed E-state index contributed by atoms with van der Waals surface area (Å²) in [5, 5.41) is 0. The van der Waals surface area contributed by atoms with Crippen molar-refractivity contribution in [1.82, 2.24) is 0 Å². The molecule has 0 spiro atoms. The van der Waals surface area contributed by atoms with Crippen LogP contribution in [0, 0.1) is 35.5 Å². The Morgan fingerprint density at radius 2 is 2.00 bits per heavy atom. The molecule has 0 radical (unpaired) electrons. The highest BCUT2D eigenvalue weighted by atomic mass is 16.6. The SMILES string of the molecule is C=C(C)[C@@H]1CC(=O)[C@H]2[C@H](C1)[C@@H]1C(=O)O[C@@H]3C[C@]4(C)O[C@@H]2C(=O)[C@@H]4[C@H]13. The fourth-order valence-electron chi connectivity index (χ4n) is 6.39. The Hall–Kier alpha value is -1.49. The summed E-state index contributed by atoms with van der Waals surface area (Å²) < 4.78 is 11.8. The molecule has 24 heavy (non-hydrogen) atoms. The van der Waals surface area contributed by atoms with Crippen LogP contribution in [0.25, 0.3) is 0 Å². The average Bonchev–Trinajstić information content (AvgIpc) is 2.99. The summed E-state index contributed by atoms with van der Waals surface area (Å²) in [6.45, 7) is 7.89. The van der Waals surface area contributed by atoms with Gasteiger partial charge in [-0.15, -0.1) is 0 Å². The van der Waals surface area contributed by atoms with E-state index in [4.69, 9.17) is 9.47 Å². The zero-order chi connectivity index (χ0) is 17.0. The first-order valence-electron chi connectivity index (χ1n) is 8.92. The van der Waals surface area contributed by atoms with Crippen molar-refractivity contribution in [3.8, 4) is 0 Å². The molecule has 3 aliphatic carbocycles. The maximum Gasteiger partial charge on any atom is 0.309 e. The van der Waals surface area contributed by atoms with Gasteiger partial charge in [-0.3, -0.25) is 14.4 Å². The second-order valence-electron chi connectivity index (χ2n) is 8.65. The quantitative estimate of drug-likeness (QED) is 0.540. The van der Waals surface area contributed by atoms with E-state index in [1.54, 1.807) is 0 Å². The molecule has 0 aromatic heterocycles. The molecule has 0 N–H and O–H groups in total. The van der Waals surface area contributed by atoms with E-state index in [0.29, 0.717) is 12.8 Å². The molecule has 5 fully saturated rings. The van der Waals surface area contributed by atoms with Gasteiger partial charge in [-0.2, -0.15) is 0 Å². The van der Waals surface area contributed by atoms with Gasteiger partial charge in [-0.05, 0) is 32.1 Å². The molecule has 5 aliphatic rings. The molecule has 2 aliphatic heterocycles. The molecule has 2 saturated heterocycles. The lowest BCUT2D eigenvalue weighted by atomic mass is 9.63. The van der Waals surface area contributed by atoms with Crippen LogP contribution in [0.4, 0.5) is 0 Å². The lowest BCUT2D eigenvalue weighted by Crippen LogP contribution is -2.47. The van der Waals surface area contributed by atoms with Crippen LogP contribution in [0.3, 0.4) is 0 Å². The normalized spacial score (nSPS) is 54.5. The van der Waals surface area contributed by atoms with E-state index >= 15 is 0 Å². The predicted molar refractivity (Wildman–Crippen MR) is 82.8 cm³/mol. The van der Waals surface area contributed by atoms with Gasteiger partial charge >= 0.3 is 5.97 Å². The van der Waals surface area contributed by atoms with Crippen LogP contribution >= 0.6 is 0 Å². The Kier molecular flexibility index (Phi) is 2.70. The van der Waals surface area contributed by atoms with E-state index in [-0.39, 0.29) is 53.2 Å². The summed E-state index contributed by atoms with van der Waals surface area (Å²) in [5.41, 5.74) is 0.398. The van der Waals surface area contributed by atoms with E-state index in [1.807, 2.05) is 13.8 Å². The van der Waals surface area contributed by atoms with E-state index in [9.17, 15) is 14.4 Å². The third-order valence-corrected chi connectivity index (χ3v) is 7.34. The number of rotatable bonds is 1. The van der Waals surface area contributed by atoms with Crippen molar-refractivity contribution in [1.29, 1.82) is 0 Å². The van der Waals surface area contributed by atoms with Crippen molar-refractivity contribution in [2.24, 2.45) is 35.5 Å². The number of hydrogen-bond donors (Lipinski definition) is 0. The Balaban J connectivity index is 1.66. The largest absolute Gasteiger partial charge is 0.462 e. The zero-order valence-electron chi connectivity index (χ0n) is 14.0. The van der Waals surface area contributed by atoms with Crippen LogP contribution in [0.5, 0.6) is 0 Å². The molecule has 3 saturated carbocycles. The molecule has 5 heteroatoms. The van der Waals surface area contributed by atoms with Gasteiger partial charge in [0, 0.05) is 18.8 Å². The number of allylic oxidation sites excluding steroid dienone is 1. The Labute approximate surface area is 140 Å². The molecule has 0 aromatic carbocycles. The standard InChI is InChI=1S/C19H22O5/c1-7(2)8-4-9-12(10(20)5-8)17-16(21)15-14-11(6-19(15,3)24-17)23-18(22)13(9)14/h8-9,11-15,17H,1,4-6H2,2-3H3/t8-,9-,11+,12+,13-,14-,15-,17-,19-/m0/s1. The minimum absolute atomic E-state index is 0.0305. The maximum atomic E-state index is 13.1. The molecule has 0 amide bonds. The predicted octanol–water partition coefficient (Wildman–Crippen LogP) is 1.69. The van der Waals surface area contributed by atoms with Crippen molar-refractivity contribution in [2.45, 2.75) is 50.9 Å². The van der Waals surface area contributed by atoms with Crippen LogP contribution in [0.15, 0.2) is 12.2 Å². The third kappa shape index (κ3) is 1.57. The number of ketones is 2. The van der Waals surface area contributed by atoms with Gasteiger partial charge in [0.15, 0.2) is 5.78 Å². The second-order valence-corrected chi connectivity index (χ2v) is 8.65. The van der Waals surface area contributed by atoms with Gasteiger partial charge in [-0.25, -0.2) is 0 Å². The Bertz CT molecular complexity index is 696. The van der Waals surface area contributed by atoms with Gasteiger partial charge in [0.25, 0.3) is 0 Å². The number of hydrogen-bond acceptors (Lipinski definition) is 5. The van der Waals surface area contributed by atoms with Gasteiger partial charge in [0.05, 0.1) is 23.4 Å². The monoisotopic (exact) mass is 330 g/mol. The van der Waals surface area contributed by atoms with Crippen molar-refractivity contribution < 1.29 is 23.9 Å². The molecule has 2 heterocycles. The molecule has 9 atom stereocenters. The Morgan fingerprint density at radius 1 is 1.25 bits per heavy atom. The number of ether oxygens (including phenoxy) is 2. The van der Waals surface area contributed by atoms with Crippen molar-refractivity contribution in [2.75, 3.05) is 0 Å². The highest BCUT2D eigenvalue weighted by Gasteiger charge is 2.74. The Morgan fingerprint density at radius 3 is 2.71 bits per heavy atom. The molecular weight excluding hydrogens is 308 g/mol. The fourth-order valence-corrected chi connectivity index (χ4v) is 6.39. The lowest BCUT2D eigenvalue weighted by molar-refractivity contribution is -0.160. The molecule has 128 valence electrons. The van der Waals surface area contributed by atoms with Gasteiger partial charge < -0.3 is 9.47 Å². The molecule has 5 rings (SSSR count). The highest BCUT2D eigenvalue weighted by Crippen LogP contribution is 2.63. The minimum atomic E-state index is -0.664. The van der Waals surface area contributed by atoms with E-state index in [0.717, 1.165) is 12.0 Å². The number of fused-ring (bicyclic) bond motifs is 4. The summed E-state index contributed by atoms with van der Waals surface area (Å²) >= 11 is 0. The van der Waals surface area contributed by atoms with Crippen LogP contribution < -0.4 is 0 Å². The molecular formula is C19H22O5. The molecule has 0 unspecified atom stereocenters. The first-order chi connectivity index (χ1) is 11.3. The first-order valence-corrected chi connectivity index (χ1v) is 8.92. The second kappa shape index (κ2) is 4.37. The van der Waals surface area contributed by atoms with Crippen molar-refractivity contribution in [3.63, 3.8) is 0 Å². The van der Waals surface area contributed by atoms with Gasteiger partial charge in [0.1, 0.15) is 18.0 Å². The number of Topliss-reactive ketones (excluding diaryl/α,β-unsaturated/α-hetero) is 2. The number of carbonyl (C=O) groups excluding carboxylic acids is 3. The number of carbonyl (C=O) groups is 3. The van der Waals surface area contributed by atoms with E-state index in [1.165, 1.54) is 0 Å². The summed E-state index contributed by atoms with van der Waals surface area (Å²) in [6, 6.07) is 0. The van der Waals surface area contributed by atoms with E-state index < -0.39 is 17.6 Å². The van der Waals surface area contributed by atoms with Crippen LogP contribution in [-0.4, -0.2) is 35.3 Å². The summed E-state index contributed by atoms with van der Waals surface area (Å²) in [4.78, 5) is 38.6. The molecule has 0 aromatic rings. The third-order valence-electron chi connectivity index (χ3n) is 7.34. The summed E-state index contributed by atoms with van der Waals surface area (Å²) in [7, 11) is 0. The van der Waals surface area contributed by atoms with Crippen LogP contribution in [0.1, 0.15) is 33.1 Å². The number of esters is 1. The maximum absolute atomic E-state index is 13.1. The van der Waals surface area contributed by atoms with Crippen LogP contribution in [0.2, 0.25) is 0 Å². The lowest BCUT2D eigenvalue weighted by Gasteiger charge is -2.41. The van der Waals surface area contributed by atoms with Gasteiger partial charge in [-0.1, -0.05) is 12.2 Å². The smallest absolute Gasteiger partial charge is 0.309 e. The minimum Gasteiger partial charge on any atom is -0.462 e. The molecule has 2 bridgehead atoms. The first kappa shape index (κ1) is 14.8. The highest BCUT2D eigenvalue weighted by molar-refractivity contribution is 5.98. The van der Waals surface area contributed by atoms with Gasteiger partial charge in [0.2, 0.25) is 0 Å². The van der Waals surface area contributed by atoms with E-state index in [2.05, 4.69) is 6.58 Å². The van der Waals surface area contributed by atoms with Crippen molar-refractivity contribution >= 4 is 17.5 Å². The topological polar surface area (TPSA) is 69.7 Å². The average molecular weight is 330 g/mol. The summed E-state index contributed by atoms with van der Waals surface area (Å²) in [6.07, 6.45) is 0.806. The fraction of sp³-hybridized carbons (Fsp3) is 0.737. The summed E-state index contributed by atoms with van der Waals surface area (Å²) in [5.74, 6) is -1.44. The van der Waals surface area contributed by atoms with Crippen molar-refractivity contribution in [3.05, 3.63) is 12.2 Å².